The average molecular weight is 495 g/mol. The molecular formula is C24H27BrN6O. The highest BCUT2D eigenvalue weighted by Crippen LogP contribution is 2.24. The van der Waals surface area contributed by atoms with Gasteiger partial charge in [0.15, 0.2) is 11.5 Å². The van der Waals surface area contributed by atoms with E-state index in [4.69, 9.17) is 0 Å². The molecule has 1 N–H and O–H groups in total. The van der Waals surface area contributed by atoms with Gasteiger partial charge in [0.05, 0.1) is 23.2 Å². The van der Waals surface area contributed by atoms with Crippen molar-refractivity contribution in [3.63, 3.8) is 0 Å². The minimum atomic E-state index is -0.202. The van der Waals surface area contributed by atoms with E-state index >= 15 is 0 Å². The van der Waals surface area contributed by atoms with E-state index in [2.05, 4.69) is 55.5 Å². The van der Waals surface area contributed by atoms with Gasteiger partial charge in [-0.1, -0.05) is 41.4 Å². The molecule has 0 radical (unpaired) electrons. The number of aryl methyl sites for hydroxylation is 4. The number of fused-ring (bicyclic) bond motifs is 1. The molecule has 1 aromatic carbocycles. The molecule has 8 heteroatoms. The predicted octanol–water partition coefficient (Wildman–Crippen LogP) is 5.42. The SMILES string of the molecule is CCCCn1nc(C)c2c(C(=O)Nc3cc(C)n(Cc4ccc(Br)cc4)n3)cc(C)nc21. The van der Waals surface area contributed by atoms with Crippen LogP contribution in [-0.4, -0.2) is 30.5 Å². The fourth-order valence-electron chi connectivity index (χ4n) is 3.80. The second-order valence-electron chi connectivity index (χ2n) is 8.08. The Labute approximate surface area is 196 Å². The first-order valence-electron chi connectivity index (χ1n) is 10.8. The Hall–Kier alpha value is -3.00. The number of rotatable bonds is 7. The number of nitrogens with zero attached hydrogens (tertiary/aromatic N) is 5. The number of anilines is 1. The van der Waals surface area contributed by atoms with Crippen molar-refractivity contribution < 1.29 is 4.79 Å². The monoisotopic (exact) mass is 494 g/mol. The molecular weight excluding hydrogens is 468 g/mol. The maximum Gasteiger partial charge on any atom is 0.257 e. The lowest BCUT2D eigenvalue weighted by Crippen LogP contribution is -2.14. The number of carbonyl (C=O) groups is 1. The Morgan fingerprint density at radius 3 is 2.53 bits per heavy atom. The topological polar surface area (TPSA) is 77.6 Å². The van der Waals surface area contributed by atoms with Gasteiger partial charge in [0.25, 0.3) is 5.91 Å². The highest BCUT2D eigenvalue weighted by atomic mass is 79.9. The van der Waals surface area contributed by atoms with Crippen LogP contribution in [0.1, 0.15) is 52.8 Å². The second-order valence-corrected chi connectivity index (χ2v) is 9.00. The molecule has 4 aromatic rings. The number of hydrogen-bond acceptors (Lipinski definition) is 4. The van der Waals surface area contributed by atoms with Crippen LogP contribution in [0.2, 0.25) is 0 Å². The largest absolute Gasteiger partial charge is 0.305 e. The van der Waals surface area contributed by atoms with Crippen LogP contribution in [0.15, 0.2) is 40.9 Å². The fourth-order valence-corrected chi connectivity index (χ4v) is 4.06. The molecule has 0 aliphatic rings. The molecule has 0 aliphatic carbocycles. The summed E-state index contributed by atoms with van der Waals surface area (Å²) in [4.78, 5) is 17.9. The molecule has 32 heavy (non-hydrogen) atoms. The average Bonchev–Trinajstić information content (AvgIpc) is 3.26. The van der Waals surface area contributed by atoms with Gasteiger partial charge in [-0.2, -0.15) is 10.2 Å². The van der Waals surface area contributed by atoms with Crippen LogP contribution in [0.25, 0.3) is 11.0 Å². The summed E-state index contributed by atoms with van der Waals surface area (Å²) in [6.07, 6.45) is 2.09. The number of carbonyl (C=O) groups excluding carboxylic acids is 1. The lowest BCUT2D eigenvalue weighted by atomic mass is 10.1. The Morgan fingerprint density at radius 2 is 1.81 bits per heavy atom. The highest BCUT2D eigenvalue weighted by molar-refractivity contribution is 9.10. The molecule has 0 bridgehead atoms. The zero-order valence-electron chi connectivity index (χ0n) is 18.8. The van der Waals surface area contributed by atoms with E-state index in [-0.39, 0.29) is 5.91 Å². The Kier molecular flexibility index (Phi) is 6.41. The van der Waals surface area contributed by atoms with Crippen molar-refractivity contribution in [2.75, 3.05) is 5.32 Å². The normalized spacial score (nSPS) is 11.3. The Morgan fingerprint density at radius 1 is 1.06 bits per heavy atom. The van der Waals surface area contributed by atoms with E-state index in [1.54, 1.807) is 0 Å². The third-order valence-corrected chi connectivity index (χ3v) is 5.97. The van der Waals surface area contributed by atoms with Gasteiger partial charge in [0, 0.05) is 28.5 Å². The molecule has 0 saturated carbocycles. The zero-order valence-corrected chi connectivity index (χ0v) is 20.4. The molecule has 0 fully saturated rings. The minimum Gasteiger partial charge on any atom is -0.305 e. The number of nitrogens with one attached hydrogen (secondary N) is 1. The minimum absolute atomic E-state index is 0.202. The summed E-state index contributed by atoms with van der Waals surface area (Å²) < 4.78 is 4.84. The molecule has 0 unspecified atom stereocenters. The molecule has 7 nitrogen and oxygen atoms in total. The number of pyridine rings is 1. The highest BCUT2D eigenvalue weighted by Gasteiger charge is 2.20. The summed E-state index contributed by atoms with van der Waals surface area (Å²) >= 11 is 3.46. The molecule has 3 aromatic heterocycles. The Balaban J connectivity index is 1.60. The van der Waals surface area contributed by atoms with E-state index in [9.17, 15) is 4.79 Å². The number of benzene rings is 1. The summed E-state index contributed by atoms with van der Waals surface area (Å²) in [6, 6.07) is 11.8. The van der Waals surface area contributed by atoms with Gasteiger partial charge >= 0.3 is 0 Å². The third-order valence-electron chi connectivity index (χ3n) is 5.44. The van der Waals surface area contributed by atoms with Crippen LogP contribution < -0.4 is 5.32 Å². The van der Waals surface area contributed by atoms with Gasteiger partial charge in [-0.15, -0.1) is 0 Å². The van der Waals surface area contributed by atoms with Crippen molar-refractivity contribution in [3.05, 3.63) is 69.1 Å². The van der Waals surface area contributed by atoms with Crippen molar-refractivity contribution in [1.29, 1.82) is 0 Å². The third kappa shape index (κ3) is 4.60. The number of hydrogen-bond donors (Lipinski definition) is 1. The van der Waals surface area contributed by atoms with Crippen molar-refractivity contribution in [2.45, 2.75) is 53.6 Å². The number of halogens is 1. The van der Waals surface area contributed by atoms with Gasteiger partial charge in [0.2, 0.25) is 0 Å². The van der Waals surface area contributed by atoms with Crippen LogP contribution in [0.4, 0.5) is 5.82 Å². The van der Waals surface area contributed by atoms with Crippen LogP contribution in [0, 0.1) is 20.8 Å². The van der Waals surface area contributed by atoms with Crippen LogP contribution in [-0.2, 0) is 13.1 Å². The van der Waals surface area contributed by atoms with Crippen molar-refractivity contribution in [1.82, 2.24) is 24.5 Å². The lowest BCUT2D eigenvalue weighted by molar-refractivity contribution is 0.102. The van der Waals surface area contributed by atoms with Gasteiger partial charge in [0.1, 0.15) is 0 Å². The number of aromatic nitrogens is 5. The fraction of sp³-hybridized carbons (Fsp3) is 0.333. The molecule has 0 atom stereocenters. The van der Waals surface area contributed by atoms with Crippen LogP contribution in [0.3, 0.4) is 0 Å². The first-order valence-corrected chi connectivity index (χ1v) is 11.6. The van der Waals surface area contributed by atoms with E-state index in [0.717, 1.165) is 57.5 Å². The number of unbranched alkanes of at least 4 members (excludes halogenated alkanes) is 1. The maximum atomic E-state index is 13.2. The standard InChI is InChI=1S/C24H27BrN6O/c1-5-6-11-30-23-22(17(4)28-30)20(12-15(2)26-23)24(32)27-21-13-16(3)31(29-21)14-18-7-9-19(25)10-8-18/h7-10,12-13H,5-6,11,14H2,1-4H3,(H,27,29,32). The molecule has 4 rings (SSSR count). The summed E-state index contributed by atoms with van der Waals surface area (Å²) in [5.41, 5.74) is 5.05. The zero-order chi connectivity index (χ0) is 22.8. The first-order chi connectivity index (χ1) is 15.4. The van der Waals surface area contributed by atoms with Gasteiger partial charge in [-0.05, 0) is 51.0 Å². The van der Waals surface area contributed by atoms with Crippen molar-refractivity contribution in [3.8, 4) is 0 Å². The first kappa shape index (κ1) is 22.2. The predicted molar refractivity (Wildman–Crippen MR) is 130 cm³/mol. The van der Waals surface area contributed by atoms with Gasteiger partial charge in [-0.25, -0.2) is 9.67 Å². The second kappa shape index (κ2) is 9.24. The smallest absolute Gasteiger partial charge is 0.257 e. The van der Waals surface area contributed by atoms with E-state index in [1.165, 1.54) is 0 Å². The van der Waals surface area contributed by atoms with Crippen molar-refractivity contribution >= 4 is 38.7 Å². The summed E-state index contributed by atoms with van der Waals surface area (Å²) in [6.45, 7) is 9.39. The van der Waals surface area contributed by atoms with Crippen LogP contribution in [0.5, 0.6) is 0 Å². The number of amides is 1. The molecule has 3 heterocycles. The van der Waals surface area contributed by atoms with Crippen LogP contribution >= 0.6 is 15.9 Å². The van der Waals surface area contributed by atoms with Gasteiger partial charge in [-0.3, -0.25) is 9.48 Å². The Bertz CT molecular complexity index is 1270. The summed E-state index contributed by atoms with van der Waals surface area (Å²) in [7, 11) is 0. The van der Waals surface area contributed by atoms with E-state index in [1.807, 2.05) is 54.4 Å². The van der Waals surface area contributed by atoms with E-state index < -0.39 is 0 Å². The van der Waals surface area contributed by atoms with Crippen molar-refractivity contribution in [2.24, 2.45) is 0 Å². The molecule has 0 spiro atoms. The molecule has 166 valence electrons. The molecule has 1 amide bonds. The van der Waals surface area contributed by atoms with E-state index in [0.29, 0.717) is 17.9 Å². The molecule has 0 aliphatic heterocycles. The maximum absolute atomic E-state index is 13.2. The molecule has 0 saturated heterocycles. The summed E-state index contributed by atoms with van der Waals surface area (Å²) in [5.74, 6) is 0.329. The summed E-state index contributed by atoms with van der Waals surface area (Å²) in [5, 5.41) is 13.0. The lowest BCUT2D eigenvalue weighted by Gasteiger charge is -2.07. The quantitative estimate of drug-likeness (QED) is 0.372. The van der Waals surface area contributed by atoms with Gasteiger partial charge < -0.3 is 5.32 Å².